The maximum atomic E-state index is 13.4. The first-order valence-corrected chi connectivity index (χ1v) is 10.7. The minimum absolute atomic E-state index is 0.133. The van der Waals surface area contributed by atoms with Crippen LogP contribution in [0.1, 0.15) is 20.8 Å². The van der Waals surface area contributed by atoms with E-state index in [9.17, 15) is 14.4 Å². The maximum Gasteiger partial charge on any atom is 0.359 e. The highest BCUT2D eigenvalue weighted by Gasteiger charge is 2.33. The van der Waals surface area contributed by atoms with Crippen LogP contribution in [0.3, 0.4) is 0 Å². The summed E-state index contributed by atoms with van der Waals surface area (Å²) in [5.74, 6) is -2.62. The van der Waals surface area contributed by atoms with Gasteiger partial charge < -0.3 is 10.1 Å². The summed E-state index contributed by atoms with van der Waals surface area (Å²) < 4.78 is 7.18. The second-order valence-corrected chi connectivity index (χ2v) is 7.88. The average molecular weight is 504 g/mol. The molecule has 1 heterocycles. The number of benzene rings is 3. The average Bonchev–Trinajstić information content (AvgIpc) is 3.26. The molecule has 1 N–H and O–H groups in total. The molecule has 0 aliphatic heterocycles. The van der Waals surface area contributed by atoms with Crippen molar-refractivity contribution in [2.24, 2.45) is 0 Å². The number of rotatable bonds is 6. The molecule has 7 nitrogen and oxygen atoms in total. The van der Waals surface area contributed by atoms with Gasteiger partial charge in [-0.25, -0.2) is 9.48 Å². The number of Topliss-reactive ketones (excluding diaryl/α,β-unsaturated/α-hetero) is 1. The monoisotopic (exact) mass is 503 g/mol. The molecule has 33 heavy (non-hydrogen) atoms. The lowest BCUT2D eigenvalue weighted by Crippen LogP contribution is -2.25. The molecule has 0 aliphatic rings. The van der Waals surface area contributed by atoms with Crippen molar-refractivity contribution in [3.8, 4) is 16.9 Å². The molecule has 8 heteroatoms. The van der Waals surface area contributed by atoms with Crippen molar-refractivity contribution in [1.29, 1.82) is 0 Å². The number of halogens is 1. The quantitative estimate of drug-likeness (QED) is 0.229. The molecule has 0 spiro atoms. The van der Waals surface area contributed by atoms with Crippen molar-refractivity contribution in [2.75, 3.05) is 12.4 Å². The molecule has 1 amide bonds. The molecule has 1 aromatic heterocycles. The zero-order valence-corrected chi connectivity index (χ0v) is 19.1. The number of para-hydroxylation sites is 1. The fourth-order valence-corrected chi connectivity index (χ4v) is 3.59. The first kappa shape index (κ1) is 22.2. The van der Waals surface area contributed by atoms with Crippen LogP contribution in [-0.2, 0) is 9.53 Å². The Labute approximate surface area is 198 Å². The zero-order chi connectivity index (χ0) is 23.4. The number of hydrogen-bond acceptors (Lipinski definition) is 5. The van der Waals surface area contributed by atoms with Crippen molar-refractivity contribution in [2.45, 2.75) is 0 Å². The van der Waals surface area contributed by atoms with E-state index in [1.165, 1.54) is 11.8 Å². The number of nitrogens with zero attached hydrogens (tertiary/aromatic N) is 2. The van der Waals surface area contributed by atoms with E-state index in [0.29, 0.717) is 22.6 Å². The van der Waals surface area contributed by atoms with Crippen molar-refractivity contribution in [1.82, 2.24) is 9.78 Å². The number of aromatic nitrogens is 2. The summed E-state index contributed by atoms with van der Waals surface area (Å²) in [5, 5.41) is 6.97. The number of carbonyl (C=O) groups is 3. The number of carbonyl (C=O) groups excluding carboxylic acids is 3. The highest BCUT2D eigenvalue weighted by Crippen LogP contribution is 2.30. The molecule has 3 aromatic carbocycles. The molecule has 0 aliphatic carbocycles. The Morgan fingerprint density at radius 1 is 0.879 bits per heavy atom. The summed E-state index contributed by atoms with van der Waals surface area (Å²) in [5.41, 5.74) is 1.62. The number of methoxy groups -OCH3 is 1. The van der Waals surface area contributed by atoms with Crippen molar-refractivity contribution < 1.29 is 19.1 Å². The molecule has 0 saturated heterocycles. The van der Waals surface area contributed by atoms with E-state index < -0.39 is 17.7 Å². The first-order chi connectivity index (χ1) is 16.0. The van der Waals surface area contributed by atoms with Crippen molar-refractivity contribution in [3.63, 3.8) is 0 Å². The lowest BCUT2D eigenvalue weighted by molar-refractivity contribution is -0.112. The third-order valence-corrected chi connectivity index (χ3v) is 5.38. The van der Waals surface area contributed by atoms with Crippen LogP contribution < -0.4 is 5.32 Å². The molecule has 0 radical (unpaired) electrons. The van der Waals surface area contributed by atoms with Crippen LogP contribution >= 0.6 is 15.9 Å². The third-order valence-electron chi connectivity index (χ3n) is 4.85. The number of esters is 1. The SMILES string of the molecule is COC(=O)c1nn(-c2ccccc2)c(-c2ccccc2)c1C(=O)C(=O)Nc1ccc(Br)cc1. The molecule has 0 bridgehead atoms. The molecule has 0 unspecified atom stereocenters. The van der Waals surface area contributed by atoms with Crippen molar-refractivity contribution in [3.05, 3.63) is 101 Å². The van der Waals surface area contributed by atoms with Crippen LogP contribution in [-0.4, -0.2) is 34.6 Å². The third kappa shape index (κ3) is 4.61. The minimum Gasteiger partial charge on any atom is -0.464 e. The largest absolute Gasteiger partial charge is 0.464 e. The first-order valence-electron chi connectivity index (χ1n) is 9.93. The van der Waals surface area contributed by atoms with Crippen LogP contribution in [0.25, 0.3) is 16.9 Å². The van der Waals surface area contributed by atoms with E-state index in [-0.39, 0.29) is 11.3 Å². The minimum atomic E-state index is -0.903. The summed E-state index contributed by atoms with van der Waals surface area (Å²) >= 11 is 3.33. The number of amides is 1. The van der Waals surface area contributed by atoms with E-state index in [1.54, 1.807) is 60.7 Å². The van der Waals surface area contributed by atoms with Gasteiger partial charge in [0.05, 0.1) is 24.1 Å². The van der Waals surface area contributed by atoms with Crippen LogP contribution in [0.15, 0.2) is 89.4 Å². The molecule has 4 rings (SSSR count). The smallest absolute Gasteiger partial charge is 0.359 e. The van der Waals surface area contributed by atoms with Gasteiger partial charge >= 0.3 is 5.97 Å². The topological polar surface area (TPSA) is 90.3 Å². The van der Waals surface area contributed by atoms with E-state index >= 15 is 0 Å². The van der Waals surface area contributed by atoms with Gasteiger partial charge in [0.25, 0.3) is 11.7 Å². The van der Waals surface area contributed by atoms with E-state index in [2.05, 4.69) is 26.3 Å². The molecule has 4 aromatic rings. The van der Waals surface area contributed by atoms with Crippen molar-refractivity contribution >= 4 is 39.3 Å². The van der Waals surface area contributed by atoms with Gasteiger partial charge in [-0.15, -0.1) is 0 Å². The second-order valence-electron chi connectivity index (χ2n) is 6.97. The summed E-state index contributed by atoms with van der Waals surface area (Å²) in [7, 11) is 1.20. The summed E-state index contributed by atoms with van der Waals surface area (Å²) in [6, 6.07) is 24.8. The molecule has 0 fully saturated rings. The maximum absolute atomic E-state index is 13.4. The highest BCUT2D eigenvalue weighted by molar-refractivity contribution is 9.10. The molecule has 0 saturated carbocycles. The van der Waals surface area contributed by atoms with Gasteiger partial charge in [-0.2, -0.15) is 5.10 Å². The van der Waals surface area contributed by atoms with E-state index in [1.807, 2.05) is 24.3 Å². The Bertz CT molecular complexity index is 1320. The number of hydrogen-bond donors (Lipinski definition) is 1. The van der Waals surface area contributed by atoms with Gasteiger partial charge in [-0.1, -0.05) is 64.5 Å². The molecule has 164 valence electrons. The Hall–Kier alpha value is -4.04. The van der Waals surface area contributed by atoms with Crippen LogP contribution in [0.4, 0.5) is 5.69 Å². The van der Waals surface area contributed by atoms with Gasteiger partial charge in [0.2, 0.25) is 0 Å². The second kappa shape index (κ2) is 9.62. The predicted octanol–water partition coefficient (Wildman–Crippen LogP) is 4.91. The van der Waals surface area contributed by atoms with Gasteiger partial charge in [-0.3, -0.25) is 9.59 Å². The van der Waals surface area contributed by atoms with Gasteiger partial charge in [0, 0.05) is 15.7 Å². The highest BCUT2D eigenvalue weighted by atomic mass is 79.9. The number of anilines is 1. The van der Waals surface area contributed by atoms with Gasteiger partial charge in [-0.05, 0) is 36.4 Å². The normalized spacial score (nSPS) is 10.5. The van der Waals surface area contributed by atoms with Crippen LogP contribution in [0.5, 0.6) is 0 Å². The standard InChI is InChI=1S/C25H18BrN3O4/c1-33-25(32)21-20(23(30)24(31)27-18-14-12-17(26)13-15-18)22(16-8-4-2-5-9-16)29(28-21)19-10-6-3-7-11-19/h2-15H,1H3,(H,27,31). The number of ether oxygens (including phenoxy) is 1. The number of ketones is 1. The lowest BCUT2D eigenvalue weighted by atomic mass is 10.0. The summed E-state index contributed by atoms with van der Waals surface area (Å²) in [6.45, 7) is 0. The Morgan fingerprint density at radius 2 is 1.48 bits per heavy atom. The van der Waals surface area contributed by atoms with E-state index in [4.69, 9.17) is 4.74 Å². The zero-order valence-electron chi connectivity index (χ0n) is 17.5. The Kier molecular flexibility index (Phi) is 6.46. The van der Waals surface area contributed by atoms with Gasteiger partial charge in [0.15, 0.2) is 5.69 Å². The Balaban J connectivity index is 1.89. The number of nitrogens with one attached hydrogen (secondary N) is 1. The van der Waals surface area contributed by atoms with Crippen LogP contribution in [0.2, 0.25) is 0 Å². The molecular weight excluding hydrogens is 486 g/mol. The summed E-state index contributed by atoms with van der Waals surface area (Å²) in [4.78, 5) is 38.9. The van der Waals surface area contributed by atoms with E-state index in [0.717, 1.165) is 4.47 Å². The fraction of sp³-hybridized carbons (Fsp3) is 0.0400. The fourth-order valence-electron chi connectivity index (χ4n) is 3.33. The van der Waals surface area contributed by atoms with Gasteiger partial charge in [0.1, 0.15) is 0 Å². The predicted molar refractivity (Wildman–Crippen MR) is 127 cm³/mol. The Morgan fingerprint density at radius 3 is 2.09 bits per heavy atom. The summed E-state index contributed by atoms with van der Waals surface area (Å²) in [6.07, 6.45) is 0. The molecular formula is C25H18BrN3O4. The lowest BCUT2D eigenvalue weighted by Gasteiger charge is -2.10. The molecule has 0 atom stereocenters. The van der Waals surface area contributed by atoms with Crippen LogP contribution in [0, 0.1) is 0 Å².